The lowest BCUT2D eigenvalue weighted by atomic mass is 10.1. The largest absolute Gasteiger partial charge is 0.346 e. The second kappa shape index (κ2) is 5.95. The Morgan fingerprint density at radius 3 is 2.60 bits per heavy atom. The van der Waals surface area contributed by atoms with Gasteiger partial charge in [-0.2, -0.15) is 0 Å². The molecule has 0 amide bonds. The van der Waals surface area contributed by atoms with Crippen molar-refractivity contribution in [2.45, 2.75) is 13.5 Å². The van der Waals surface area contributed by atoms with Crippen molar-refractivity contribution in [1.82, 2.24) is 14.6 Å². The fraction of sp³-hybridized carbons (Fsp3) is 0.429. The predicted molar refractivity (Wildman–Crippen MR) is 82.2 cm³/mol. The van der Waals surface area contributed by atoms with E-state index in [4.69, 9.17) is 0 Å². The maximum absolute atomic E-state index is 11.3. The predicted octanol–water partition coefficient (Wildman–Crippen LogP) is 1.13. The number of hydrogen-bond donors (Lipinski definition) is 2. The zero-order valence-electron chi connectivity index (χ0n) is 12.1. The summed E-state index contributed by atoms with van der Waals surface area (Å²) in [5, 5.41) is 4.44. The van der Waals surface area contributed by atoms with Crippen LogP contribution in [0.25, 0.3) is 10.9 Å². The molecule has 0 unspecified atom stereocenters. The van der Waals surface area contributed by atoms with Crippen LogP contribution in [0.5, 0.6) is 0 Å². The van der Waals surface area contributed by atoms with Crippen LogP contribution in [0.3, 0.4) is 0 Å². The van der Waals surface area contributed by atoms with E-state index >= 15 is 0 Å². The molecule has 1 aromatic carbocycles. The van der Waals surface area contributed by atoms with Crippen LogP contribution >= 0.6 is 0 Å². The van der Waals surface area contributed by atoms with Crippen LogP contribution in [-0.4, -0.2) is 32.3 Å². The summed E-state index contributed by atoms with van der Waals surface area (Å²) in [5.74, 6) is 0.0898. The van der Waals surface area contributed by atoms with Gasteiger partial charge in [0.25, 0.3) is 0 Å². The first-order chi connectivity index (χ1) is 9.46. The molecule has 0 saturated heterocycles. The summed E-state index contributed by atoms with van der Waals surface area (Å²) < 4.78 is 27.1. The van der Waals surface area contributed by atoms with Gasteiger partial charge < -0.3 is 9.88 Å². The molecule has 2 aromatic rings. The van der Waals surface area contributed by atoms with Gasteiger partial charge in [0.1, 0.15) is 0 Å². The van der Waals surface area contributed by atoms with Crippen molar-refractivity contribution in [2.24, 2.45) is 7.05 Å². The fourth-order valence-electron chi connectivity index (χ4n) is 2.40. The number of nitrogens with zero attached hydrogens (tertiary/aromatic N) is 1. The molecule has 0 bridgehead atoms. The van der Waals surface area contributed by atoms with Crippen molar-refractivity contribution < 1.29 is 8.42 Å². The molecular formula is C14H21N3O2S. The Hall–Kier alpha value is -1.37. The number of nitrogens with one attached hydrogen (secondary N) is 2. The van der Waals surface area contributed by atoms with Gasteiger partial charge in [0.15, 0.2) is 0 Å². The minimum absolute atomic E-state index is 0.0898. The van der Waals surface area contributed by atoms with E-state index in [2.05, 4.69) is 33.7 Å². The normalized spacial score (nSPS) is 12.2. The lowest BCUT2D eigenvalue weighted by Crippen LogP contribution is -2.29. The SMILES string of the molecule is CNS(=O)(=O)CCNCc1c(C)c2ccccc2n1C. The van der Waals surface area contributed by atoms with Gasteiger partial charge in [-0.15, -0.1) is 0 Å². The summed E-state index contributed by atoms with van der Waals surface area (Å²) in [5.41, 5.74) is 3.63. The molecule has 0 saturated carbocycles. The van der Waals surface area contributed by atoms with Crippen molar-refractivity contribution in [2.75, 3.05) is 19.3 Å². The summed E-state index contributed by atoms with van der Waals surface area (Å²) in [4.78, 5) is 0. The molecule has 0 radical (unpaired) electrons. The standard InChI is InChI=1S/C14H21N3O2S/c1-11-12-6-4-5-7-13(12)17(3)14(11)10-16-8-9-20(18,19)15-2/h4-7,15-16H,8-10H2,1-3H3. The highest BCUT2D eigenvalue weighted by Gasteiger charge is 2.11. The van der Waals surface area contributed by atoms with Gasteiger partial charge in [0, 0.05) is 36.7 Å². The van der Waals surface area contributed by atoms with Gasteiger partial charge in [-0.1, -0.05) is 18.2 Å². The van der Waals surface area contributed by atoms with Gasteiger partial charge in [0.2, 0.25) is 10.0 Å². The van der Waals surface area contributed by atoms with Crippen LogP contribution in [-0.2, 0) is 23.6 Å². The maximum Gasteiger partial charge on any atom is 0.212 e. The Bertz CT molecular complexity index is 666. The Kier molecular flexibility index (Phi) is 4.47. The van der Waals surface area contributed by atoms with Gasteiger partial charge in [-0.3, -0.25) is 0 Å². The molecule has 1 aromatic heterocycles. The molecule has 0 aliphatic carbocycles. The molecule has 0 atom stereocenters. The fourth-order valence-corrected chi connectivity index (χ4v) is 3.02. The summed E-state index contributed by atoms with van der Waals surface area (Å²) in [6.45, 7) is 3.20. The molecule has 2 rings (SSSR count). The molecule has 20 heavy (non-hydrogen) atoms. The van der Waals surface area contributed by atoms with Crippen LogP contribution < -0.4 is 10.0 Å². The lowest BCUT2D eigenvalue weighted by molar-refractivity contribution is 0.581. The van der Waals surface area contributed by atoms with E-state index in [1.165, 1.54) is 29.2 Å². The first kappa shape index (κ1) is 15.0. The van der Waals surface area contributed by atoms with Crippen LogP contribution in [0.1, 0.15) is 11.3 Å². The summed E-state index contributed by atoms with van der Waals surface area (Å²) >= 11 is 0. The maximum atomic E-state index is 11.3. The first-order valence-corrected chi connectivity index (χ1v) is 8.26. The quantitative estimate of drug-likeness (QED) is 0.785. The molecule has 110 valence electrons. The van der Waals surface area contributed by atoms with E-state index < -0.39 is 10.0 Å². The van der Waals surface area contributed by atoms with Gasteiger partial charge in [-0.05, 0) is 25.6 Å². The van der Waals surface area contributed by atoms with Crippen molar-refractivity contribution in [3.05, 3.63) is 35.5 Å². The number of benzene rings is 1. The second-order valence-corrected chi connectivity index (χ2v) is 6.89. The average molecular weight is 295 g/mol. The molecule has 0 spiro atoms. The monoisotopic (exact) mass is 295 g/mol. The number of aromatic nitrogens is 1. The topological polar surface area (TPSA) is 63.1 Å². The molecule has 0 fully saturated rings. The molecule has 1 heterocycles. The summed E-state index contributed by atoms with van der Waals surface area (Å²) in [7, 11) is 0.334. The van der Waals surface area contributed by atoms with Gasteiger partial charge in [0.05, 0.1) is 5.75 Å². The van der Waals surface area contributed by atoms with Crippen LogP contribution in [0.2, 0.25) is 0 Å². The molecule has 6 heteroatoms. The first-order valence-electron chi connectivity index (χ1n) is 6.61. The van der Waals surface area contributed by atoms with E-state index in [1.54, 1.807) is 0 Å². The highest BCUT2D eigenvalue weighted by molar-refractivity contribution is 7.89. The molecule has 0 aliphatic heterocycles. The Labute approximate surface area is 120 Å². The number of para-hydroxylation sites is 1. The van der Waals surface area contributed by atoms with E-state index in [9.17, 15) is 8.42 Å². The Balaban J connectivity index is 2.07. The van der Waals surface area contributed by atoms with Gasteiger partial charge in [-0.25, -0.2) is 13.1 Å². The van der Waals surface area contributed by atoms with Crippen LogP contribution in [0.15, 0.2) is 24.3 Å². The summed E-state index contributed by atoms with van der Waals surface area (Å²) in [6.07, 6.45) is 0. The van der Waals surface area contributed by atoms with Crippen molar-refractivity contribution in [3.8, 4) is 0 Å². The zero-order chi connectivity index (χ0) is 14.8. The highest BCUT2D eigenvalue weighted by atomic mass is 32.2. The van der Waals surface area contributed by atoms with Crippen molar-refractivity contribution >= 4 is 20.9 Å². The smallest absolute Gasteiger partial charge is 0.212 e. The Morgan fingerprint density at radius 2 is 1.95 bits per heavy atom. The molecule has 2 N–H and O–H groups in total. The van der Waals surface area contributed by atoms with E-state index in [1.807, 2.05) is 19.2 Å². The second-order valence-electron chi connectivity index (χ2n) is 4.85. The minimum Gasteiger partial charge on any atom is -0.346 e. The number of aryl methyl sites for hydroxylation is 2. The number of fused-ring (bicyclic) bond motifs is 1. The van der Waals surface area contributed by atoms with Crippen molar-refractivity contribution in [1.29, 1.82) is 0 Å². The van der Waals surface area contributed by atoms with E-state index in [0.717, 1.165) is 0 Å². The third-order valence-electron chi connectivity index (χ3n) is 3.66. The zero-order valence-corrected chi connectivity index (χ0v) is 12.9. The Morgan fingerprint density at radius 1 is 1.25 bits per heavy atom. The third-order valence-corrected chi connectivity index (χ3v) is 5.02. The third kappa shape index (κ3) is 3.03. The number of sulfonamides is 1. The molecular weight excluding hydrogens is 274 g/mol. The molecule has 5 nitrogen and oxygen atoms in total. The van der Waals surface area contributed by atoms with Gasteiger partial charge >= 0.3 is 0 Å². The lowest BCUT2D eigenvalue weighted by Gasteiger charge is -2.08. The minimum atomic E-state index is -3.14. The molecule has 0 aliphatic rings. The van der Waals surface area contributed by atoms with Crippen LogP contribution in [0.4, 0.5) is 0 Å². The van der Waals surface area contributed by atoms with E-state index in [-0.39, 0.29) is 5.75 Å². The van der Waals surface area contributed by atoms with E-state index in [0.29, 0.717) is 13.1 Å². The number of rotatable bonds is 6. The average Bonchev–Trinajstić information content (AvgIpc) is 2.68. The summed E-state index contributed by atoms with van der Waals surface area (Å²) in [6, 6.07) is 8.27. The number of hydrogen-bond acceptors (Lipinski definition) is 3. The highest BCUT2D eigenvalue weighted by Crippen LogP contribution is 2.24. The van der Waals surface area contributed by atoms with Crippen molar-refractivity contribution in [3.63, 3.8) is 0 Å². The van der Waals surface area contributed by atoms with Crippen LogP contribution in [0, 0.1) is 6.92 Å².